The van der Waals surface area contributed by atoms with Crippen LogP contribution in [-0.2, 0) is 12.0 Å². The van der Waals surface area contributed by atoms with Gasteiger partial charge >= 0.3 is 0 Å². The summed E-state index contributed by atoms with van der Waals surface area (Å²) < 4.78 is 0. The molecule has 6 nitrogen and oxygen atoms in total. The van der Waals surface area contributed by atoms with E-state index in [9.17, 15) is 4.79 Å². The van der Waals surface area contributed by atoms with Gasteiger partial charge in [0.1, 0.15) is 0 Å². The van der Waals surface area contributed by atoms with Crippen LogP contribution >= 0.6 is 0 Å². The van der Waals surface area contributed by atoms with Gasteiger partial charge in [-0.25, -0.2) is 0 Å². The molecule has 0 fully saturated rings. The fourth-order valence-corrected chi connectivity index (χ4v) is 1.78. The van der Waals surface area contributed by atoms with Crippen molar-refractivity contribution in [2.75, 3.05) is 5.32 Å². The molecule has 1 amide bonds. The van der Waals surface area contributed by atoms with E-state index < -0.39 is 0 Å². The van der Waals surface area contributed by atoms with E-state index in [2.05, 4.69) is 48.1 Å². The van der Waals surface area contributed by atoms with Gasteiger partial charge in [0.15, 0.2) is 0 Å². The minimum atomic E-state index is -0.256. The summed E-state index contributed by atoms with van der Waals surface area (Å²) in [6.07, 6.45) is 1.65. The molecule has 1 N–H and O–H groups in total. The molecule has 2 aromatic rings. The molecule has 0 unspecified atom stereocenters. The van der Waals surface area contributed by atoms with Crippen molar-refractivity contribution in [1.82, 2.24) is 20.2 Å². The van der Waals surface area contributed by atoms with E-state index in [1.54, 1.807) is 18.2 Å². The highest BCUT2D eigenvalue weighted by Gasteiger charge is 2.15. The first-order chi connectivity index (χ1) is 9.90. The van der Waals surface area contributed by atoms with E-state index in [4.69, 9.17) is 0 Å². The lowest BCUT2D eigenvalue weighted by Crippen LogP contribution is -2.15. The number of benzene rings is 1. The third-order valence-corrected chi connectivity index (χ3v) is 2.98. The first kappa shape index (κ1) is 14.9. The summed E-state index contributed by atoms with van der Waals surface area (Å²) in [5, 5.41) is 14.2. The minimum Gasteiger partial charge on any atom is -0.288 e. The van der Waals surface area contributed by atoms with Gasteiger partial charge < -0.3 is 0 Å². The highest BCUT2D eigenvalue weighted by Crippen LogP contribution is 2.22. The van der Waals surface area contributed by atoms with Crippen molar-refractivity contribution in [3.63, 3.8) is 0 Å². The number of hydrogen-bond donors (Lipinski definition) is 1. The Bertz CT molecular complexity index is 637. The average molecular weight is 285 g/mol. The number of nitrogens with one attached hydrogen (secondary N) is 1. The van der Waals surface area contributed by atoms with Crippen LogP contribution in [-0.4, -0.2) is 26.1 Å². The van der Waals surface area contributed by atoms with E-state index in [0.717, 1.165) is 0 Å². The van der Waals surface area contributed by atoms with Crippen LogP contribution in [0.4, 0.5) is 5.95 Å². The molecular weight excluding hydrogens is 266 g/mol. The molecule has 0 aliphatic rings. The first-order valence-electron chi connectivity index (χ1n) is 6.71. The summed E-state index contributed by atoms with van der Waals surface area (Å²) in [5.41, 5.74) is 1.79. The van der Waals surface area contributed by atoms with Gasteiger partial charge in [0, 0.05) is 5.56 Å². The lowest BCUT2D eigenvalue weighted by Gasteiger charge is -2.18. The molecule has 0 aliphatic heterocycles. The Morgan fingerprint density at radius 1 is 1.33 bits per heavy atom. The Morgan fingerprint density at radius 2 is 2.00 bits per heavy atom. The molecule has 0 bridgehead atoms. The molecule has 0 atom stereocenters. The van der Waals surface area contributed by atoms with Crippen molar-refractivity contribution in [3.05, 3.63) is 48.0 Å². The quantitative estimate of drug-likeness (QED) is 0.876. The third kappa shape index (κ3) is 3.75. The molecule has 1 heterocycles. The number of aromatic nitrogens is 4. The maximum atomic E-state index is 12.1. The van der Waals surface area contributed by atoms with Crippen molar-refractivity contribution in [2.45, 2.75) is 32.7 Å². The summed E-state index contributed by atoms with van der Waals surface area (Å²) in [7, 11) is 0. The lowest BCUT2D eigenvalue weighted by atomic mass is 9.87. The minimum absolute atomic E-state index is 0.0595. The van der Waals surface area contributed by atoms with Crippen LogP contribution in [0.5, 0.6) is 0 Å². The number of tetrazole rings is 1. The second kappa shape index (κ2) is 5.87. The normalized spacial score (nSPS) is 11.2. The number of carbonyl (C=O) groups excluding carboxylic acids is 1. The second-order valence-corrected chi connectivity index (χ2v) is 5.74. The van der Waals surface area contributed by atoms with Crippen LogP contribution in [0.1, 0.15) is 36.7 Å². The molecule has 2 rings (SSSR count). The zero-order valence-electron chi connectivity index (χ0n) is 12.5. The summed E-state index contributed by atoms with van der Waals surface area (Å²) in [4.78, 5) is 13.4. The largest absolute Gasteiger partial charge is 0.288 e. The molecule has 0 aliphatic carbocycles. The number of hydrogen-bond acceptors (Lipinski definition) is 4. The van der Waals surface area contributed by atoms with Gasteiger partial charge in [-0.1, -0.05) is 44.1 Å². The zero-order chi connectivity index (χ0) is 15.5. The molecular formula is C15H19N5O. The zero-order valence-corrected chi connectivity index (χ0v) is 12.5. The topological polar surface area (TPSA) is 72.7 Å². The second-order valence-electron chi connectivity index (χ2n) is 5.74. The Kier molecular flexibility index (Phi) is 4.16. The van der Waals surface area contributed by atoms with Crippen molar-refractivity contribution < 1.29 is 4.79 Å². The number of anilines is 1. The molecule has 21 heavy (non-hydrogen) atoms. The summed E-state index contributed by atoms with van der Waals surface area (Å²) >= 11 is 0. The average Bonchev–Trinajstić information content (AvgIpc) is 2.86. The number of rotatable bonds is 4. The van der Waals surface area contributed by atoms with Gasteiger partial charge in [-0.3, -0.25) is 10.1 Å². The van der Waals surface area contributed by atoms with Crippen molar-refractivity contribution in [3.8, 4) is 0 Å². The molecule has 1 aromatic heterocycles. The summed E-state index contributed by atoms with van der Waals surface area (Å²) in [6.45, 7) is 10.4. The molecule has 1 aromatic carbocycles. The van der Waals surface area contributed by atoms with E-state index in [1.165, 1.54) is 10.4 Å². The smallest absolute Gasteiger partial charge is 0.270 e. The van der Waals surface area contributed by atoms with Gasteiger partial charge in [-0.05, 0) is 28.3 Å². The van der Waals surface area contributed by atoms with Gasteiger partial charge in [0.2, 0.25) is 0 Å². The van der Waals surface area contributed by atoms with Crippen molar-refractivity contribution in [2.24, 2.45) is 0 Å². The Hall–Kier alpha value is -2.50. The van der Waals surface area contributed by atoms with Crippen LogP contribution in [0, 0.1) is 0 Å². The van der Waals surface area contributed by atoms with Crippen LogP contribution in [0.25, 0.3) is 0 Å². The summed E-state index contributed by atoms with van der Waals surface area (Å²) in [5.74, 6) is -0.0737. The van der Waals surface area contributed by atoms with E-state index in [-0.39, 0.29) is 17.3 Å². The number of amides is 1. The SMILES string of the molecule is C=CCn1nnc(NC(=O)c2ccc(C(C)(C)C)cc2)n1. The first-order valence-corrected chi connectivity index (χ1v) is 6.71. The van der Waals surface area contributed by atoms with E-state index in [1.807, 2.05) is 12.1 Å². The molecule has 110 valence electrons. The molecule has 0 saturated heterocycles. The maximum Gasteiger partial charge on any atom is 0.270 e. The predicted octanol–water partition coefficient (Wildman–Crippen LogP) is 2.41. The third-order valence-electron chi connectivity index (χ3n) is 2.98. The van der Waals surface area contributed by atoms with Crippen molar-refractivity contribution in [1.29, 1.82) is 0 Å². The van der Waals surface area contributed by atoms with Gasteiger partial charge in [-0.15, -0.1) is 11.7 Å². The number of allylic oxidation sites excluding steroid dienone is 1. The van der Waals surface area contributed by atoms with E-state index >= 15 is 0 Å². The lowest BCUT2D eigenvalue weighted by molar-refractivity contribution is 0.102. The highest BCUT2D eigenvalue weighted by atomic mass is 16.1. The van der Waals surface area contributed by atoms with Gasteiger partial charge in [-0.2, -0.15) is 4.80 Å². The molecule has 0 spiro atoms. The molecule has 0 saturated carbocycles. The number of carbonyl (C=O) groups is 1. The number of nitrogens with zero attached hydrogens (tertiary/aromatic N) is 4. The fourth-order valence-electron chi connectivity index (χ4n) is 1.78. The van der Waals surface area contributed by atoms with E-state index in [0.29, 0.717) is 12.1 Å². The Morgan fingerprint density at radius 3 is 2.57 bits per heavy atom. The highest BCUT2D eigenvalue weighted by molar-refractivity contribution is 6.03. The van der Waals surface area contributed by atoms with Crippen LogP contribution < -0.4 is 5.32 Å². The Labute approximate surface area is 123 Å². The van der Waals surface area contributed by atoms with Crippen LogP contribution in [0.3, 0.4) is 0 Å². The van der Waals surface area contributed by atoms with Crippen molar-refractivity contribution >= 4 is 11.9 Å². The standard InChI is InChI=1S/C15H19N5O/c1-5-10-20-18-14(17-19-20)16-13(21)11-6-8-12(9-7-11)15(2,3)4/h5-9H,1,10H2,2-4H3,(H,16,18,21). The van der Waals surface area contributed by atoms with Gasteiger partial charge in [0.25, 0.3) is 11.9 Å². The summed E-state index contributed by atoms with van der Waals surface area (Å²) in [6, 6.07) is 7.50. The Balaban J connectivity index is 2.07. The van der Waals surface area contributed by atoms with Gasteiger partial charge in [0.05, 0.1) is 6.54 Å². The predicted molar refractivity (Wildman–Crippen MR) is 81.1 cm³/mol. The van der Waals surface area contributed by atoms with Crippen LogP contribution in [0.2, 0.25) is 0 Å². The maximum absolute atomic E-state index is 12.1. The van der Waals surface area contributed by atoms with Crippen LogP contribution in [0.15, 0.2) is 36.9 Å². The fraction of sp³-hybridized carbons (Fsp3) is 0.333. The molecule has 0 radical (unpaired) electrons. The monoisotopic (exact) mass is 285 g/mol. The molecule has 6 heteroatoms.